The molecule has 34 heavy (non-hydrogen) atoms. The van der Waals surface area contributed by atoms with Crippen molar-refractivity contribution in [3.05, 3.63) is 71.3 Å². The lowest BCUT2D eigenvalue weighted by atomic mass is 9.87. The van der Waals surface area contributed by atoms with Gasteiger partial charge in [0.15, 0.2) is 0 Å². The van der Waals surface area contributed by atoms with E-state index in [1.54, 1.807) is 45.0 Å². The first kappa shape index (κ1) is 27.3. The Morgan fingerprint density at radius 1 is 0.912 bits per heavy atom. The topological polar surface area (TPSA) is 67.4 Å². The number of carbonyl (C=O) groups is 2. The molecule has 2 rings (SSSR count). The summed E-state index contributed by atoms with van der Waals surface area (Å²) >= 11 is 0. The van der Waals surface area contributed by atoms with Gasteiger partial charge in [-0.15, -0.1) is 0 Å². The highest BCUT2D eigenvalue weighted by atomic mass is 19.1. The number of amides is 2. The number of alkyl carbamates (subject to hydrolysis) is 1. The second-order valence-electron chi connectivity index (χ2n) is 9.92. The van der Waals surface area contributed by atoms with Crippen LogP contribution in [-0.4, -0.2) is 30.2 Å². The molecule has 0 radical (unpaired) electrons. The van der Waals surface area contributed by atoms with E-state index in [0.717, 1.165) is 11.1 Å². The van der Waals surface area contributed by atoms with E-state index in [1.165, 1.54) is 24.3 Å². The highest BCUT2D eigenvalue weighted by Crippen LogP contribution is 2.29. The van der Waals surface area contributed by atoms with E-state index in [0.29, 0.717) is 25.8 Å². The van der Waals surface area contributed by atoms with E-state index in [2.05, 4.69) is 10.6 Å². The number of hydrogen-bond acceptors (Lipinski definition) is 3. The summed E-state index contributed by atoms with van der Waals surface area (Å²) in [5.74, 6) is -0.763. The molecule has 5 nitrogen and oxygen atoms in total. The molecule has 2 amide bonds. The van der Waals surface area contributed by atoms with Crippen LogP contribution in [0.5, 0.6) is 0 Å². The van der Waals surface area contributed by atoms with E-state index >= 15 is 0 Å². The average molecular weight is 475 g/mol. The van der Waals surface area contributed by atoms with Gasteiger partial charge in [-0.2, -0.15) is 0 Å². The Morgan fingerprint density at radius 2 is 1.41 bits per heavy atom. The van der Waals surface area contributed by atoms with Crippen molar-refractivity contribution in [3.63, 3.8) is 0 Å². The van der Waals surface area contributed by atoms with Gasteiger partial charge in [0.25, 0.3) is 0 Å². The van der Waals surface area contributed by atoms with Gasteiger partial charge in [-0.05, 0) is 81.3 Å². The van der Waals surface area contributed by atoms with Crippen LogP contribution in [0.4, 0.5) is 13.6 Å². The zero-order valence-electron chi connectivity index (χ0n) is 20.7. The standard InChI is InChI=1S/C27H36F2N2O3/c1-18(2)17-24(31-26(33)34-27(3,4)5)25(32)30-16-6-7-23(19-8-12-21(28)13-9-19)20-10-14-22(29)15-11-20/h8-15,18,23-24H,6-7,16-17H2,1-5H3,(H,30,32)(H,31,33)/t24-/m0/s1. The Hall–Kier alpha value is -2.96. The highest BCUT2D eigenvalue weighted by Gasteiger charge is 2.25. The van der Waals surface area contributed by atoms with Gasteiger partial charge in [0.05, 0.1) is 0 Å². The first-order valence-electron chi connectivity index (χ1n) is 11.7. The highest BCUT2D eigenvalue weighted by molar-refractivity contribution is 5.85. The maximum Gasteiger partial charge on any atom is 0.408 e. The van der Waals surface area contributed by atoms with Crippen molar-refractivity contribution in [1.29, 1.82) is 0 Å². The molecule has 0 heterocycles. The normalized spacial score (nSPS) is 12.5. The molecule has 0 aliphatic rings. The third kappa shape index (κ3) is 9.49. The Morgan fingerprint density at radius 3 is 1.85 bits per heavy atom. The fraction of sp³-hybridized carbons (Fsp3) is 0.481. The Labute approximate surface area is 201 Å². The molecular formula is C27H36F2N2O3. The predicted molar refractivity (Wildman–Crippen MR) is 129 cm³/mol. The molecule has 0 unspecified atom stereocenters. The van der Waals surface area contributed by atoms with Gasteiger partial charge in [0, 0.05) is 12.5 Å². The van der Waals surface area contributed by atoms with Crippen molar-refractivity contribution in [2.75, 3.05) is 6.54 Å². The summed E-state index contributed by atoms with van der Waals surface area (Å²) in [6.07, 6.45) is 1.18. The van der Waals surface area contributed by atoms with E-state index in [9.17, 15) is 18.4 Å². The van der Waals surface area contributed by atoms with Crippen LogP contribution in [0.1, 0.15) is 70.9 Å². The summed E-state index contributed by atoms with van der Waals surface area (Å²) in [6.45, 7) is 9.66. The molecule has 186 valence electrons. The number of halogens is 2. The molecule has 0 saturated heterocycles. The summed E-state index contributed by atoms with van der Waals surface area (Å²) in [7, 11) is 0. The molecule has 0 bridgehead atoms. The zero-order chi connectivity index (χ0) is 25.3. The average Bonchev–Trinajstić information content (AvgIpc) is 2.73. The van der Waals surface area contributed by atoms with Crippen LogP contribution in [0, 0.1) is 17.6 Å². The second-order valence-corrected chi connectivity index (χ2v) is 9.92. The minimum absolute atomic E-state index is 0.0653. The molecule has 1 atom stereocenters. The lowest BCUT2D eigenvalue weighted by Gasteiger charge is -2.24. The Balaban J connectivity index is 1.99. The van der Waals surface area contributed by atoms with Gasteiger partial charge < -0.3 is 15.4 Å². The number of ether oxygens (including phenoxy) is 1. The van der Waals surface area contributed by atoms with E-state index in [4.69, 9.17) is 4.74 Å². The van der Waals surface area contributed by atoms with Crippen molar-refractivity contribution < 1.29 is 23.1 Å². The number of nitrogens with one attached hydrogen (secondary N) is 2. The summed E-state index contributed by atoms with van der Waals surface area (Å²) in [6, 6.07) is 11.9. The number of benzene rings is 2. The lowest BCUT2D eigenvalue weighted by Crippen LogP contribution is -2.49. The predicted octanol–water partition coefficient (Wildman–Crippen LogP) is 5.93. The van der Waals surface area contributed by atoms with E-state index in [1.807, 2.05) is 13.8 Å². The first-order valence-corrected chi connectivity index (χ1v) is 11.7. The van der Waals surface area contributed by atoms with Gasteiger partial charge in [-0.25, -0.2) is 13.6 Å². The maximum absolute atomic E-state index is 13.4. The van der Waals surface area contributed by atoms with Crippen LogP contribution in [0.25, 0.3) is 0 Å². The lowest BCUT2D eigenvalue weighted by molar-refractivity contribution is -0.123. The fourth-order valence-corrected chi connectivity index (χ4v) is 3.71. The molecule has 0 aromatic heterocycles. The summed E-state index contributed by atoms with van der Waals surface area (Å²) < 4.78 is 32.1. The molecule has 0 fully saturated rings. The van der Waals surface area contributed by atoms with Crippen LogP contribution in [0.3, 0.4) is 0 Å². The van der Waals surface area contributed by atoms with Crippen molar-refractivity contribution in [2.45, 2.75) is 71.4 Å². The maximum atomic E-state index is 13.4. The molecule has 0 aliphatic carbocycles. The van der Waals surface area contributed by atoms with Gasteiger partial charge in [0.2, 0.25) is 5.91 Å². The van der Waals surface area contributed by atoms with E-state index < -0.39 is 17.7 Å². The Bertz CT molecular complexity index is 877. The van der Waals surface area contributed by atoms with Gasteiger partial charge in [-0.1, -0.05) is 38.1 Å². The first-order chi connectivity index (χ1) is 15.9. The van der Waals surface area contributed by atoms with Crippen LogP contribution in [0.2, 0.25) is 0 Å². The summed E-state index contributed by atoms with van der Waals surface area (Å²) in [5, 5.41) is 5.58. The Kier molecular flexibility index (Phi) is 10.0. The van der Waals surface area contributed by atoms with Crippen molar-refractivity contribution >= 4 is 12.0 Å². The van der Waals surface area contributed by atoms with Crippen LogP contribution in [-0.2, 0) is 9.53 Å². The molecule has 0 spiro atoms. The fourth-order valence-electron chi connectivity index (χ4n) is 3.71. The summed E-state index contributed by atoms with van der Waals surface area (Å²) in [4.78, 5) is 24.9. The zero-order valence-corrected chi connectivity index (χ0v) is 20.7. The number of hydrogen-bond donors (Lipinski definition) is 2. The van der Waals surface area contributed by atoms with E-state index in [-0.39, 0.29) is 29.4 Å². The monoisotopic (exact) mass is 474 g/mol. The van der Waals surface area contributed by atoms with Crippen LogP contribution >= 0.6 is 0 Å². The van der Waals surface area contributed by atoms with Crippen LogP contribution < -0.4 is 10.6 Å². The van der Waals surface area contributed by atoms with Crippen molar-refractivity contribution in [2.24, 2.45) is 5.92 Å². The molecule has 2 N–H and O–H groups in total. The number of carbonyl (C=O) groups excluding carboxylic acids is 2. The molecule has 2 aromatic rings. The molecule has 0 aliphatic heterocycles. The minimum atomic E-state index is -0.695. The SMILES string of the molecule is CC(C)C[C@H](NC(=O)OC(C)(C)C)C(=O)NCCCC(c1ccc(F)cc1)c1ccc(F)cc1. The third-order valence-electron chi connectivity index (χ3n) is 5.23. The van der Waals surface area contributed by atoms with Gasteiger partial charge in [0.1, 0.15) is 23.3 Å². The van der Waals surface area contributed by atoms with Gasteiger partial charge >= 0.3 is 6.09 Å². The molecule has 0 saturated carbocycles. The molecular weight excluding hydrogens is 438 g/mol. The summed E-state index contributed by atoms with van der Waals surface area (Å²) in [5.41, 5.74) is 1.19. The smallest absolute Gasteiger partial charge is 0.408 e. The minimum Gasteiger partial charge on any atom is -0.444 e. The second kappa shape index (κ2) is 12.5. The quantitative estimate of drug-likeness (QED) is 0.419. The molecule has 7 heteroatoms. The van der Waals surface area contributed by atoms with Crippen molar-refractivity contribution in [3.8, 4) is 0 Å². The number of rotatable bonds is 10. The van der Waals surface area contributed by atoms with Gasteiger partial charge in [-0.3, -0.25) is 4.79 Å². The van der Waals surface area contributed by atoms with Crippen molar-refractivity contribution in [1.82, 2.24) is 10.6 Å². The van der Waals surface area contributed by atoms with Crippen LogP contribution in [0.15, 0.2) is 48.5 Å². The molecule has 2 aromatic carbocycles. The third-order valence-corrected chi connectivity index (χ3v) is 5.23. The largest absolute Gasteiger partial charge is 0.444 e.